The average molecular weight is 287 g/mol. The normalized spacial score (nSPS) is 11.4. The molecule has 1 aromatic heterocycles. The van der Waals surface area contributed by atoms with E-state index in [9.17, 15) is 10.2 Å². The molecular weight excluding hydrogens is 276 g/mol. The van der Waals surface area contributed by atoms with Gasteiger partial charge in [0, 0.05) is 17.1 Å². The van der Waals surface area contributed by atoms with Crippen LogP contribution in [0.2, 0.25) is 5.02 Å². The standard InChI is InChI=1S/C15H11ClN2O2/c16-12-7-9(5-6-14(12)19)17-8-11-10-3-1-2-4-13(10)18-15(11)20/h1-8,18-20H. The third-order valence-electron chi connectivity index (χ3n) is 3.00. The molecule has 0 saturated carbocycles. The monoisotopic (exact) mass is 286 g/mol. The second-order valence-electron chi connectivity index (χ2n) is 4.33. The lowest BCUT2D eigenvalue weighted by molar-refractivity contribution is 0.457. The Morgan fingerprint density at radius 3 is 2.70 bits per heavy atom. The number of hydrogen-bond donors (Lipinski definition) is 3. The molecule has 3 aromatic rings. The largest absolute Gasteiger partial charge is 0.506 e. The van der Waals surface area contributed by atoms with E-state index in [0.717, 1.165) is 10.9 Å². The second-order valence-corrected chi connectivity index (χ2v) is 4.73. The molecule has 5 heteroatoms. The zero-order chi connectivity index (χ0) is 14.1. The van der Waals surface area contributed by atoms with E-state index in [1.54, 1.807) is 18.3 Å². The molecule has 0 unspecified atom stereocenters. The fourth-order valence-electron chi connectivity index (χ4n) is 2.00. The topological polar surface area (TPSA) is 68.6 Å². The van der Waals surface area contributed by atoms with Crippen LogP contribution in [-0.2, 0) is 0 Å². The minimum atomic E-state index is 0.0144. The van der Waals surface area contributed by atoms with Crippen LogP contribution in [0.15, 0.2) is 47.5 Å². The first-order valence-corrected chi connectivity index (χ1v) is 6.35. The molecule has 0 saturated heterocycles. The third kappa shape index (κ3) is 2.21. The summed E-state index contributed by atoms with van der Waals surface area (Å²) in [5.74, 6) is 0.0837. The number of nitrogens with one attached hydrogen (secondary N) is 1. The Labute approximate surface area is 120 Å². The number of aliphatic imine (C=N–C) groups is 1. The molecule has 0 aliphatic rings. The molecule has 0 spiro atoms. The second kappa shape index (κ2) is 4.90. The fraction of sp³-hybridized carbons (Fsp3) is 0. The number of para-hydroxylation sites is 1. The number of halogens is 1. The lowest BCUT2D eigenvalue weighted by Gasteiger charge is -1.98. The van der Waals surface area contributed by atoms with E-state index in [1.165, 1.54) is 6.07 Å². The summed E-state index contributed by atoms with van der Waals surface area (Å²) in [5, 5.41) is 20.4. The van der Waals surface area contributed by atoms with Crippen LogP contribution in [0.25, 0.3) is 10.9 Å². The molecule has 0 atom stereocenters. The summed E-state index contributed by atoms with van der Waals surface area (Å²) in [6, 6.07) is 12.2. The maximum Gasteiger partial charge on any atom is 0.198 e. The van der Waals surface area contributed by atoms with Crippen LogP contribution in [0.3, 0.4) is 0 Å². The van der Waals surface area contributed by atoms with E-state index in [0.29, 0.717) is 11.3 Å². The van der Waals surface area contributed by atoms with E-state index < -0.39 is 0 Å². The predicted octanol–water partition coefficient (Wildman–Crippen LogP) is 3.98. The number of H-pyrrole nitrogens is 1. The maximum atomic E-state index is 9.90. The minimum absolute atomic E-state index is 0.0144. The van der Waals surface area contributed by atoms with Gasteiger partial charge in [-0.1, -0.05) is 29.8 Å². The van der Waals surface area contributed by atoms with Crippen molar-refractivity contribution in [2.24, 2.45) is 4.99 Å². The first-order chi connectivity index (χ1) is 9.65. The molecule has 0 aliphatic heterocycles. The molecule has 0 radical (unpaired) electrons. The highest BCUT2D eigenvalue weighted by Gasteiger charge is 2.07. The van der Waals surface area contributed by atoms with Crippen LogP contribution in [0.1, 0.15) is 5.56 Å². The van der Waals surface area contributed by atoms with Crippen molar-refractivity contribution in [3.63, 3.8) is 0 Å². The van der Waals surface area contributed by atoms with Gasteiger partial charge in [0.25, 0.3) is 0 Å². The van der Waals surface area contributed by atoms with Gasteiger partial charge in [0.1, 0.15) is 5.75 Å². The van der Waals surface area contributed by atoms with Gasteiger partial charge in [-0.2, -0.15) is 0 Å². The van der Waals surface area contributed by atoms with Crippen molar-refractivity contribution in [1.82, 2.24) is 4.98 Å². The first kappa shape index (κ1) is 12.6. The number of aromatic amines is 1. The zero-order valence-electron chi connectivity index (χ0n) is 10.3. The molecule has 20 heavy (non-hydrogen) atoms. The third-order valence-corrected chi connectivity index (χ3v) is 3.30. The number of aromatic nitrogens is 1. The molecule has 0 amide bonds. The van der Waals surface area contributed by atoms with Crippen LogP contribution < -0.4 is 0 Å². The minimum Gasteiger partial charge on any atom is -0.506 e. The van der Waals surface area contributed by atoms with Crippen molar-refractivity contribution < 1.29 is 10.2 Å². The summed E-state index contributed by atoms with van der Waals surface area (Å²) in [6.45, 7) is 0. The van der Waals surface area contributed by atoms with Crippen molar-refractivity contribution >= 4 is 34.4 Å². The lowest BCUT2D eigenvalue weighted by Crippen LogP contribution is -1.79. The summed E-state index contributed by atoms with van der Waals surface area (Å²) in [5.41, 5.74) is 2.05. The Hall–Kier alpha value is -2.46. The van der Waals surface area contributed by atoms with Crippen LogP contribution in [-0.4, -0.2) is 21.4 Å². The van der Waals surface area contributed by atoms with Gasteiger partial charge in [-0.25, -0.2) is 0 Å². The fourth-order valence-corrected chi connectivity index (χ4v) is 2.17. The summed E-state index contributed by atoms with van der Waals surface area (Å²) >= 11 is 5.82. The van der Waals surface area contributed by atoms with Gasteiger partial charge in [-0.05, 0) is 24.3 Å². The molecule has 100 valence electrons. The van der Waals surface area contributed by atoms with E-state index in [-0.39, 0.29) is 16.7 Å². The Morgan fingerprint density at radius 2 is 1.90 bits per heavy atom. The van der Waals surface area contributed by atoms with E-state index in [2.05, 4.69) is 9.98 Å². The van der Waals surface area contributed by atoms with E-state index in [4.69, 9.17) is 11.6 Å². The SMILES string of the molecule is Oc1ccc(N=Cc2c(O)[nH]c3ccccc23)cc1Cl. The van der Waals surface area contributed by atoms with Gasteiger partial charge in [-0.15, -0.1) is 0 Å². The number of rotatable bonds is 2. The summed E-state index contributed by atoms with van der Waals surface area (Å²) < 4.78 is 0. The molecule has 0 fully saturated rings. The first-order valence-electron chi connectivity index (χ1n) is 5.97. The number of hydrogen-bond acceptors (Lipinski definition) is 3. The van der Waals surface area contributed by atoms with Gasteiger partial charge in [0.2, 0.25) is 0 Å². The number of phenolic OH excluding ortho intramolecular Hbond substituents is 1. The van der Waals surface area contributed by atoms with Crippen LogP contribution in [0.4, 0.5) is 5.69 Å². The maximum absolute atomic E-state index is 9.90. The molecule has 0 aliphatic carbocycles. The Kier molecular flexibility index (Phi) is 3.08. The average Bonchev–Trinajstić information content (AvgIpc) is 2.76. The highest BCUT2D eigenvalue weighted by molar-refractivity contribution is 6.32. The number of benzene rings is 2. The summed E-state index contributed by atoms with van der Waals surface area (Å²) in [7, 11) is 0. The van der Waals surface area contributed by atoms with Crippen LogP contribution >= 0.6 is 11.6 Å². The van der Waals surface area contributed by atoms with Gasteiger partial charge in [0.05, 0.1) is 16.3 Å². The molecular formula is C15H11ClN2O2. The quantitative estimate of drug-likeness (QED) is 0.624. The molecule has 2 aromatic carbocycles. The smallest absolute Gasteiger partial charge is 0.198 e. The Bertz CT molecular complexity index is 809. The van der Waals surface area contributed by atoms with Gasteiger partial charge in [-0.3, -0.25) is 4.99 Å². The summed E-state index contributed by atoms with van der Waals surface area (Å²) in [4.78, 5) is 7.14. The lowest BCUT2D eigenvalue weighted by atomic mass is 10.2. The molecule has 0 bridgehead atoms. The summed E-state index contributed by atoms with van der Waals surface area (Å²) in [6.07, 6.45) is 1.57. The zero-order valence-corrected chi connectivity index (χ0v) is 11.1. The van der Waals surface area contributed by atoms with Crippen molar-refractivity contribution in [1.29, 1.82) is 0 Å². The van der Waals surface area contributed by atoms with Crippen LogP contribution in [0.5, 0.6) is 11.6 Å². The van der Waals surface area contributed by atoms with Gasteiger partial charge in [0.15, 0.2) is 5.88 Å². The van der Waals surface area contributed by atoms with E-state index >= 15 is 0 Å². The number of nitrogens with zero attached hydrogens (tertiary/aromatic N) is 1. The van der Waals surface area contributed by atoms with Crippen molar-refractivity contribution in [2.75, 3.05) is 0 Å². The molecule has 3 N–H and O–H groups in total. The Balaban J connectivity index is 2.02. The van der Waals surface area contributed by atoms with Gasteiger partial charge >= 0.3 is 0 Å². The van der Waals surface area contributed by atoms with Gasteiger partial charge < -0.3 is 15.2 Å². The van der Waals surface area contributed by atoms with Crippen LogP contribution in [0, 0.1) is 0 Å². The number of aromatic hydroxyl groups is 2. The molecule has 4 nitrogen and oxygen atoms in total. The number of fused-ring (bicyclic) bond motifs is 1. The van der Waals surface area contributed by atoms with Crippen molar-refractivity contribution in [3.8, 4) is 11.6 Å². The van der Waals surface area contributed by atoms with Crippen molar-refractivity contribution in [2.45, 2.75) is 0 Å². The Morgan fingerprint density at radius 1 is 1.10 bits per heavy atom. The predicted molar refractivity (Wildman–Crippen MR) is 80.3 cm³/mol. The molecule has 1 heterocycles. The molecule has 3 rings (SSSR count). The van der Waals surface area contributed by atoms with Crippen molar-refractivity contribution in [3.05, 3.63) is 53.1 Å². The number of phenols is 1. The highest BCUT2D eigenvalue weighted by atomic mass is 35.5. The van der Waals surface area contributed by atoms with E-state index in [1.807, 2.05) is 24.3 Å². The highest BCUT2D eigenvalue weighted by Crippen LogP contribution is 2.29.